The molecule has 0 aliphatic rings. The van der Waals surface area contributed by atoms with E-state index in [1.807, 2.05) is 32.9 Å². The summed E-state index contributed by atoms with van der Waals surface area (Å²) in [4.78, 5) is 29.1. The van der Waals surface area contributed by atoms with Gasteiger partial charge in [0.2, 0.25) is 0 Å². The van der Waals surface area contributed by atoms with Gasteiger partial charge in [-0.1, -0.05) is 17.7 Å². The molecule has 0 spiro atoms. The van der Waals surface area contributed by atoms with Crippen LogP contribution in [-0.4, -0.2) is 16.8 Å². The molecule has 2 amide bonds. The lowest BCUT2D eigenvalue weighted by Crippen LogP contribution is -2.17. The number of nitrogens with zero attached hydrogens (tertiary/aromatic N) is 1. The zero-order chi connectivity index (χ0) is 20.3. The fourth-order valence-electron chi connectivity index (χ4n) is 2.99. The highest BCUT2D eigenvalue weighted by atomic mass is 19.1. The summed E-state index contributed by atoms with van der Waals surface area (Å²) in [5.74, 6) is -1.17. The predicted octanol–water partition coefficient (Wildman–Crippen LogP) is 4.65. The van der Waals surface area contributed by atoms with E-state index in [1.165, 1.54) is 42.7 Å². The van der Waals surface area contributed by atoms with E-state index in [0.29, 0.717) is 5.69 Å². The van der Waals surface area contributed by atoms with Gasteiger partial charge in [-0.3, -0.25) is 14.6 Å². The standard InChI is InChI=1S/C22H20FN3O2/c1-13-8-14(2)20(15(3)9-13)26-22(28)17-10-16(11-24-12-17)21(27)25-19-6-4-18(23)5-7-19/h4-12H,1-3H3,(H,25,27)(H,26,28). The van der Waals surface area contributed by atoms with E-state index < -0.39 is 5.91 Å². The van der Waals surface area contributed by atoms with Crippen LogP contribution >= 0.6 is 0 Å². The molecule has 0 radical (unpaired) electrons. The Bertz CT molecular complexity index is 1020. The van der Waals surface area contributed by atoms with Crippen LogP contribution in [0.5, 0.6) is 0 Å². The lowest BCUT2D eigenvalue weighted by Gasteiger charge is -2.13. The Morgan fingerprint density at radius 1 is 0.821 bits per heavy atom. The van der Waals surface area contributed by atoms with Crippen LogP contribution in [0.4, 0.5) is 15.8 Å². The van der Waals surface area contributed by atoms with E-state index in [0.717, 1.165) is 22.4 Å². The second-order valence-electron chi connectivity index (χ2n) is 6.65. The molecule has 0 atom stereocenters. The molecule has 2 aromatic carbocycles. The van der Waals surface area contributed by atoms with Gasteiger partial charge in [-0.15, -0.1) is 0 Å². The second-order valence-corrected chi connectivity index (χ2v) is 6.65. The van der Waals surface area contributed by atoms with E-state index in [1.54, 1.807) is 0 Å². The van der Waals surface area contributed by atoms with Crippen molar-refractivity contribution < 1.29 is 14.0 Å². The Kier molecular flexibility index (Phi) is 5.49. The zero-order valence-electron chi connectivity index (χ0n) is 15.8. The normalized spacial score (nSPS) is 10.4. The number of aromatic nitrogens is 1. The van der Waals surface area contributed by atoms with E-state index in [4.69, 9.17) is 0 Å². The van der Waals surface area contributed by atoms with Gasteiger partial charge in [-0.2, -0.15) is 0 Å². The van der Waals surface area contributed by atoms with Crippen molar-refractivity contribution in [2.45, 2.75) is 20.8 Å². The molecule has 3 aromatic rings. The Hall–Kier alpha value is -3.54. The summed E-state index contributed by atoms with van der Waals surface area (Å²) >= 11 is 0. The van der Waals surface area contributed by atoms with Crippen LogP contribution in [0.3, 0.4) is 0 Å². The van der Waals surface area contributed by atoms with Gasteiger partial charge in [0.1, 0.15) is 5.82 Å². The van der Waals surface area contributed by atoms with Gasteiger partial charge in [0.05, 0.1) is 11.1 Å². The van der Waals surface area contributed by atoms with Gasteiger partial charge < -0.3 is 10.6 Å². The Morgan fingerprint density at radius 3 is 1.93 bits per heavy atom. The first kappa shape index (κ1) is 19.2. The molecular weight excluding hydrogens is 357 g/mol. The molecule has 0 saturated carbocycles. The molecular formula is C22H20FN3O2. The molecule has 3 rings (SSSR count). The van der Waals surface area contributed by atoms with E-state index >= 15 is 0 Å². The average Bonchev–Trinajstić information content (AvgIpc) is 2.66. The molecule has 6 heteroatoms. The molecule has 0 unspecified atom stereocenters. The Labute approximate surface area is 162 Å². The molecule has 0 fully saturated rings. The summed E-state index contributed by atoms with van der Waals surface area (Å²) in [6.07, 6.45) is 2.78. The number of rotatable bonds is 4. The van der Waals surface area contributed by atoms with Crippen LogP contribution in [-0.2, 0) is 0 Å². The first-order valence-corrected chi connectivity index (χ1v) is 8.74. The number of benzene rings is 2. The van der Waals surface area contributed by atoms with Gasteiger partial charge >= 0.3 is 0 Å². The maximum absolute atomic E-state index is 13.0. The third-order valence-corrected chi connectivity index (χ3v) is 4.28. The SMILES string of the molecule is Cc1cc(C)c(NC(=O)c2cncc(C(=O)Nc3ccc(F)cc3)c2)c(C)c1. The lowest BCUT2D eigenvalue weighted by atomic mass is 10.0. The summed E-state index contributed by atoms with van der Waals surface area (Å²) in [6, 6.07) is 10.9. The molecule has 1 aromatic heterocycles. The molecule has 2 N–H and O–H groups in total. The molecule has 0 aliphatic heterocycles. The smallest absolute Gasteiger partial charge is 0.257 e. The maximum Gasteiger partial charge on any atom is 0.257 e. The highest BCUT2D eigenvalue weighted by Crippen LogP contribution is 2.22. The Balaban J connectivity index is 1.78. The molecule has 0 saturated heterocycles. The third-order valence-electron chi connectivity index (χ3n) is 4.28. The first-order chi connectivity index (χ1) is 13.3. The van der Waals surface area contributed by atoms with Crippen molar-refractivity contribution in [2.75, 3.05) is 10.6 Å². The Morgan fingerprint density at radius 2 is 1.36 bits per heavy atom. The van der Waals surface area contributed by atoms with Gasteiger partial charge in [-0.25, -0.2) is 4.39 Å². The fourth-order valence-corrected chi connectivity index (χ4v) is 2.99. The van der Waals surface area contributed by atoms with Crippen molar-refractivity contribution in [1.82, 2.24) is 4.98 Å². The van der Waals surface area contributed by atoms with Gasteiger partial charge in [0.15, 0.2) is 0 Å². The lowest BCUT2D eigenvalue weighted by molar-refractivity contribution is 0.102. The second kappa shape index (κ2) is 8.00. The molecule has 28 heavy (non-hydrogen) atoms. The zero-order valence-corrected chi connectivity index (χ0v) is 15.8. The van der Waals surface area contributed by atoms with Gasteiger partial charge in [-0.05, 0) is 62.2 Å². The monoisotopic (exact) mass is 377 g/mol. The van der Waals surface area contributed by atoms with Crippen LogP contribution in [0.15, 0.2) is 54.9 Å². The number of carbonyl (C=O) groups is 2. The molecule has 0 aliphatic carbocycles. The average molecular weight is 377 g/mol. The van der Waals surface area contributed by atoms with E-state index in [2.05, 4.69) is 15.6 Å². The summed E-state index contributed by atoms with van der Waals surface area (Å²) < 4.78 is 13.0. The predicted molar refractivity (Wildman–Crippen MR) is 107 cm³/mol. The number of aryl methyl sites for hydroxylation is 3. The van der Waals surface area contributed by atoms with Crippen molar-refractivity contribution in [3.63, 3.8) is 0 Å². The molecule has 5 nitrogen and oxygen atoms in total. The van der Waals surface area contributed by atoms with Gasteiger partial charge in [0.25, 0.3) is 11.8 Å². The van der Waals surface area contributed by atoms with Crippen LogP contribution in [0, 0.1) is 26.6 Å². The van der Waals surface area contributed by atoms with Crippen LogP contribution in [0.2, 0.25) is 0 Å². The quantitative estimate of drug-likeness (QED) is 0.695. The number of anilines is 2. The van der Waals surface area contributed by atoms with Crippen LogP contribution in [0.25, 0.3) is 0 Å². The number of hydrogen-bond acceptors (Lipinski definition) is 3. The minimum atomic E-state index is -0.434. The summed E-state index contributed by atoms with van der Waals surface area (Å²) in [7, 11) is 0. The van der Waals surface area contributed by atoms with E-state index in [-0.39, 0.29) is 22.9 Å². The highest BCUT2D eigenvalue weighted by molar-refractivity contribution is 6.08. The first-order valence-electron chi connectivity index (χ1n) is 8.74. The summed E-state index contributed by atoms with van der Waals surface area (Å²) in [5.41, 5.74) is 4.74. The maximum atomic E-state index is 13.0. The fraction of sp³-hybridized carbons (Fsp3) is 0.136. The topological polar surface area (TPSA) is 71.1 Å². The highest BCUT2D eigenvalue weighted by Gasteiger charge is 2.14. The molecule has 142 valence electrons. The largest absolute Gasteiger partial charge is 0.322 e. The van der Waals surface area contributed by atoms with Crippen LogP contribution in [0.1, 0.15) is 37.4 Å². The number of halogens is 1. The van der Waals surface area contributed by atoms with Gasteiger partial charge in [0, 0.05) is 23.8 Å². The summed E-state index contributed by atoms with van der Waals surface area (Å²) in [6.45, 7) is 5.86. The number of carbonyl (C=O) groups excluding carboxylic acids is 2. The number of pyridine rings is 1. The third kappa shape index (κ3) is 4.40. The molecule has 1 heterocycles. The number of hydrogen-bond donors (Lipinski definition) is 2. The van der Waals surface area contributed by atoms with Crippen molar-refractivity contribution >= 4 is 23.2 Å². The van der Waals surface area contributed by atoms with Crippen molar-refractivity contribution in [3.8, 4) is 0 Å². The summed E-state index contributed by atoms with van der Waals surface area (Å²) in [5, 5.41) is 5.54. The van der Waals surface area contributed by atoms with Crippen LogP contribution < -0.4 is 10.6 Å². The minimum Gasteiger partial charge on any atom is -0.322 e. The number of nitrogens with one attached hydrogen (secondary N) is 2. The number of amides is 2. The van der Waals surface area contributed by atoms with Crippen molar-refractivity contribution in [1.29, 1.82) is 0 Å². The molecule has 0 bridgehead atoms. The minimum absolute atomic E-state index is 0.231. The van der Waals surface area contributed by atoms with E-state index in [9.17, 15) is 14.0 Å². The van der Waals surface area contributed by atoms with Crippen molar-refractivity contribution in [2.24, 2.45) is 0 Å². The van der Waals surface area contributed by atoms with Crippen molar-refractivity contribution in [3.05, 3.63) is 88.5 Å².